The Kier molecular flexibility index (Phi) is 13.4. The van der Waals surface area contributed by atoms with Crippen molar-refractivity contribution in [3.05, 3.63) is 71.3 Å². The molecule has 2 saturated heterocycles. The average Bonchev–Trinajstić information content (AvgIpc) is 3.81. The number of nitrogens with one attached hydrogen (secondary N) is 1. The Morgan fingerprint density at radius 1 is 0.843 bits per heavy atom. The Morgan fingerprint density at radius 2 is 1.61 bits per heavy atom. The molecule has 4 aliphatic rings. The standard InChI is InChI=1S/C44H69N7/c1-5-6-18-40-32-51(44(46)50(40)29-34(4)38-22-20-37(21-23-38)25-33(2)3)42(27-36-16-11-8-12-17-36)30-48-24-13-19-39(48)31-49-41(28-47-43(49)45)26-35-14-9-7-10-15-35/h7,9-10,14-15,20-23,33-34,36,39-42,46H,5-6,8,11-13,16-19,24-32H2,1-4H3,(H2,45,47)/t34?,39?,40-,41+,42+/m1/s1. The second kappa shape index (κ2) is 18.1. The third-order valence-electron chi connectivity index (χ3n) is 12.6. The van der Waals surface area contributed by atoms with Crippen LogP contribution in [0.15, 0.2) is 59.6 Å². The van der Waals surface area contributed by atoms with E-state index in [1.165, 1.54) is 87.3 Å². The van der Waals surface area contributed by atoms with E-state index >= 15 is 0 Å². The van der Waals surface area contributed by atoms with Crippen molar-refractivity contribution in [2.24, 2.45) is 22.6 Å². The first-order valence-electron chi connectivity index (χ1n) is 20.8. The molecule has 3 N–H and O–H groups in total. The molecule has 6 rings (SSSR count). The van der Waals surface area contributed by atoms with Gasteiger partial charge in [-0.3, -0.25) is 15.3 Å². The van der Waals surface area contributed by atoms with Gasteiger partial charge in [0.25, 0.3) is 0 Å². The average molecular weight is 696 g/mol. The van der Waals surface area contributed by atoms with Crippen molar-refractivity contribution in [2.75, 3.05) is 39.3 Å². The van der Waals surface area contributed by atoms with Crippen LogP contribution in [0.1, 0.15) is 121 Å². The number of aliphatic imine (C=N–C) groups is 1. The van der Waals surface area contributed by atoms with Crippen molar-refractivity contribution in [1.29, 1.82) is 5.41 Å². The summed E-state index contributed by atoms with van der Waals surface area (Å²) in [5.74, 6) is 3.35. The van der Waals surface area contributed by atoms with Crippen LogP contribution >= 0.6 is 0 Å². The Balaban J connectivity index is 1.17. The molecule has 0 amide bonds. The van der Waals surface area contributed by atoms with Gasteiger partial charge in [0.2, 0.25) is 0 Å². The van der Waals surface area contributed by atoms with Crippen molar-refractivity contribution < 1.29 is 0 Å². The first kappa shape index (κ1) is 37.7. The van der Waals surface area contributed by atoms with E-state index in [-0.39, 0.29) is 0 Å². The third-order valence-corrected chi connectivity index (χ3v) is 12.6. The van der Waals surface area contributed by atoms with Gasteiger partial charge in [0.15, 0.2) is 11.9 Å². The summed E-state index contributed by atoms with van der Waals surface area (Å²) in [5.41, 5.74) is 10.8. The summed E-state index contributed by atoms with van der Waals surface area (Å²) in [6, 6.07) is 21.8. The molecule has 280 valence electrons. The molecule has 0 bridgehead atoms. The molecule has 3 fully saturated rings. The molecular formula is C44H69N7. The number of likely N-dealkylation sites (tertiary alicyclic amines) is 1. The zero-order chi connectivity index (χ0) is 35.7. The van der Waals surface area contributed by atoms with Gasteiger partial charge in [-0.25, -0.2) is 0 Å². The van der Waals surface area contributed by atoms with Crippen molar-refractivity contribution in [2.45, 2.75) is 141 Å². The molecule has 1 aliphatic carbocycles. The van der Waals surface area contributed by atoms with E-state index in [2.05, 4.69) is 102 Å². The molecule has 7 heteroatoms. The van der Waals surface area contributed by atoms with E-state index < -0.39 is 0 Å². The quantitative estimate of drug-likeness (QED) is 0.175. The van der Waals surface area contributed by atoms with Crippen molar-refractivity contribution in [1.82, 2.24) is 19.6 Å². The lowest BCUT2D eigenvalue weighted by Gasteiger charge is -2.39. The third kappa shape index (κ3) is 9.88. The molecule has 2 aromatic carbocycles. The van der Waals surface area contributed by atoms with Gasteiger partial charge in [0.05, 0.1) is 12.6 Å². The maximum atomic E-state index is 9.80. The van der Waals surface area contributed by atoms with E-state index in [4.69, 9.17) is 10.7 Å². The number of hydrogen-bond donors (Lipinski definition) is 2. The monoisotopic (exact) mass is 696 g/mol. The van der Waals surface area contributed by atoms with Crippen LogP contribution < -0.4 is 5.73 Å². The van der Waals surface area contributed by atoms with Gasteiger partial charge >= 0.3 is 0 Å². The van der Waals surface area contributed by atoms with Crippen LogP contribution in [0.2, 0.25) is 0 Å². The highest BCUT2D eigenvalue weighted by Crippen LogP contribution is 2.34. The van der Waals surface area contributed by atoms with Gasteiger partial charge in [0.1, 0.15) is 0 Å². The number of benzene rings is 2. The van der Waals surface area contributed by atoms with Crippen LogP contribution in [0.5, 0.6) is 0 Å². The highest BCUT2D eigenvalue weighted by Gasteiger charge is 2.41. The summed E-state index contributed by atoms with van der Waals surface area (Å²) in [4.78, 5) is 15.0. The summed E-state index contributed by atoms with van der Waals surface area (Å²) < 4.78 is 0. The van der Waals surface area contributed by atoms with Crippen molar-refractivity contribution in [3.8, 4) is 0 Å². The van der Waals surface area contributed by atoms with Crippen molar-refractivity contribution in [3.63, 3.8) is 0 Å². The number of guanidine groups is 2. The first-order valence-corrected chi connectivity index (χ1v) is 20.8. The number of hydrogen-bond acceptors (Lipinski definition) is 5. The predicted molar refractivity (Wildman–Crippen MR) is 215 cm³/mol. The minimum Gasteiger partial charge on any atom is -0.370 e. The lowest BCUT2D eigenvalue weighted by Crippen LogP contribution is -2.52. The number of unbranched alkanes of at least 4 members (excludes halogenated alkanes) is 1. The zero-order valence-corrected chi connectivity index (χ0v) is 32.5. The molecule has 5 atom stereocenters. The summed E-state index contributed by atoms with van der Waals surface area (Å²) in [7, 11) is 0. The summed E-state index contributed by atoms with van der Waals surface area (Å²) in [6.07, 6.45) is 16.3. The SMILES string of the molecule is CCCC[C@@H]1CN([C@@H](CC2CCCCC2)CN2CCCC2CN2C(N)=NC[C@@H]2Cc2ccccc2)C(=N)N1CC(C)c1ccc(CC(C)C)cc1. The molecular weight excluding hydrogens is 627 g/mol. The van der Waals surface area contributed by atoms with Crippen LogP contribution in [0, 0.1) is 17.2 Å². The minimum atomic E-state index is 0.334. The van der Waals surface area contributed by atoms with E-state index in [9.17, 15) is 5.41 Å². The smallest absolute Gasteiger partial charge is 0.194 e. The Labute approximate surface area is 310 Å². The van der Waals surface area contributed by atoms with Crippen LogP contribution in [-0.4, -0.2) is 95.0 Å². The molecule has 51 heavy (non-hydrogen) atoms. The van der Waals surface area contributed by atoms with Gasteiger partial charge in [0, 0.05) is 44.3 Å². The topological polar surface area (TPSA) is 75.2 Å². The number of rotatable bonds is 17. The van der Waals surface area contributed by atoms with Crippen LogP contribution in [-0.2, 0) is 12.8 Å². The maximum Gasteiger partial charge on any atom is 0.194 e. The molecule has 2 unspecified atom stereocenters. The summed E-state index contributed by atoms with van der Waals surface area (Å²) in [6.45, 7) is 15.1. The fourth-order valence-corrected chi connectivity index (χ4v) is 9.68. The van der Waals surface area contributed by atoms with Crippen molar-refractivity contribution >= 4 is 11.9 Å². The van der Waals surface area contributed by atoms with Gasteiger partial charge in [-0.05, 0) is 79.5 Å². The highest BCUT2D eigenvalue weighted by atomic mass is 15.5. The first-order chi connectivity index (χ1) is 24.8. The predicted octanol–water partition coefficient (Wildman–Crippen LogP) is 8.14. The number of nitrogens with two attached hydrogens (primary N) is 1. The van der Waals surface area contributed by atoms with E-state index in [0.717, 1.165) is 69.9 Å². The normalized spacial score (nSPS) is 24.6. The Hall–Kier alpha value is -3.06. The van der Waals surface area contributed by atoms with Gasteiger partial charge in [-0.2, -0.15) is 0 Å². The fourth-order valence-electron chi connectivity index (χ4n) is 9.68. The lowest BCUT2D eigenvalue weighted by molar-refractivity contribution is 0.138. The minimum absolute atomic E-state index is 0.334. The largest absolute Gasteiger partial charge is 0.370 e. The maximum absolute atomic E-state index is 9.80. The fraction of sp³-hybridized carbons (Fsp3) is 0.682. The summed E-state index contributed by atoms with van der Waals surface area (Å²) >= 11 is 0. The molecule has 3 aliphatic heterocycles. The van der Waals surface area contributed by atoms with E-state index in [0.29, 0.717) is 36.0 Å². The van der Waals surface area contributed by atoms with Gasteiger partial charge in [-0.1, -0.05) is 127 Å². The molecule has 3 heterocycles. The molecule has 2 aromatic rings. The van der Waals surface area contributed by atoms with E-state index in [1.54, 1.807) is 0 Å². The molecule has 1 saturated carbocycles. The number of nitrogens with zero attached hydrogens (tertiary/aromatic N) is 5. The molecule has 7 nitrogen and oxygen atoms in total. The van der Waals surface area contributed by atoms with Gasteiger partial charge < -0.3 is 20.4 Å². The second-order valence-corrected chi connectivity index (χ2v) is 17.0. The molecule has 0 radical (unpaired) electrons. The van der Waals surface area contributed by atoms with Crippen LogP contribution in [0.4, 0.5) is 0 Å². The zero-order valence-electron chi connectivity index (χ0n) is 32.5. The Bertz CT molecular complexity index is 1380. The highest BCUT2D eigenvalue weighted by molar-refractivity contribution is 5.80. The second-order valence-electron chi connectivity index (χ2n) is 17.0. The Morgan fingerprint density at radius 3 is 2.33 bits per heavy atom. The van der Waals surface area contributed by atoms with Crippen LogP contribution in [0.25, 0.3) is 0 Å². The molecule has 0 spiro atoms. The van der Waals surface area contributed by atoms with E-state index in [1.807, 2.05) is 0 Å². The van der Waals surface area contributed by atoms with Crippen LogP contribution in [0.3, 0.4) is 0 Å². The van der Waals surface area contributed by atoms with Gasteiger partial charge in [-0.15, -0.1) is 0 Å². The summed E-state index contributed by atoms with van der Waals surface area (Å²) in [5, 5.41) is 9.80. The molecule has 0 aromatic heterocycles. The lowest BCUT2D eigenvalue weighted by atomic mass is 9.84.